The van der Waals surface area contributed by atoms with E-state index in [0.717, 1.165) is 45.6 Å². The lowest BCUT2D eigenvalue weighted by Crippen LogP contribution is -2.58. The first kappa shape index (κ1) is 15.3. The lowest BCUT2D eigenvalue weighted by Gasteiger charge is -2.47. The molecule has 0 radical (unpaired) electrons. The highest BCUT2D eigenvalue weighted by atomic mass is 32.2. The lowest BCUT2D eigenvalue weighted by molar-refractivity contribution is 0.0276. The van der Waals surface area contributed by atoms with Crippen molar-refractivity contribution in [2.45, 2.75) is 33.1 Å². The van der Waals surface area contributed by atoms with Gasteiger partial charge in [0.2, 0.25) is 0 Å². The molecule has 19 heavy (non-hydrogen) atoms. The second-order valence-electron chi connectivity index (χ2n) is 6.61. The molecule has 0 bridgehead atoms. The van der Waals surface area contributed by atoms with E-state index in [0.29, 0.717) is 23.3 Å². The maximum atomic E-state index is 11.6. The number of nitrogens with one attached hydrogen (secondary N) is 1. The van der Waals surface area contributed by atoms with E-state index in [2.05, 4.69) is 19.2 Å². The van der Waals surface area contributed by atoms with Gasteiger partial charge in [0.25, 0.3) is 0 Å². The molecule has 2 saturated heterocycles. The van der Waals surface area contributed by atoms with Crippen LogP contribution in [0.5, 0.6) is 0 Å². The van der Waals surface area contributed by atoms with Gasteiger partial charge >= 0.3 is 0 Å². The molecule has 2 aliphatic heterocycles. The summed E-state index contributed by atoms with van der Waals surface area (Å²) in [6.07, 6.45) is 2.94. The van der Waals surface area contributed by atoms with Crippen molar-refractivity contribution in [3.63, 3.8) is 0 Å². The fraction of sp³-hybridized carbons (Fsp3) is 1.00. The Balaban J connectivity index is 1.76. The fourth-order valence-corrected chi connectivity index (χ4v) is 5.03. The van der Waals surface area contributed by atoms with E-state index >= 15 is 0 Å². The molecule has 0 amide bonds. The van der Waals surface area contributed by atoms with Gasteiger partial charge in [0, 0.05) is 31.7 Å². The molecule has 1 atom stereocenters. The van der Waals surface area contributed by atoms with Crippen LogP contribution in [-0.4, -0.2) is 46.2 Å². The minimum Gasteiger partial charge on any atom is -0.381 e. The van der Waals surface area contributed by atoms with Crippen molar-refractivity contribution in [2.24, 2.45) is 17.3 Å². The quantitative estimate of drug-likeness (QED) is 0.721. The summed E-state index contributed by atoms with van der Waals surface area (Å²) in [5.41, 5.74) is 0.182. The molecule has 0 aromatic carbocycles. The molecule has 2 rings (SSSR count). The molecule has 1 unspecified atom stereocenters. The Bertz CT molecular complexity index is 387. The third kappa shape index (κ3) is 3.92. The number of hydrogen-bond donors (Lipinski definition) is 1. The highest BCUT2D eigenvalue weighted by Crippen LogP contribution is 2.41. The standard InChI is InChI=1S/C14H27NO3S/c1-12(2)3-6-18-7-5-14(10-15-11-14)13-4-8-19(16,17)9-13/h12-13,15H,3-11H2,1-2H3. The van der Waals surface area contributed by atoms with Gasteiger partial charge in [-0.1, -0.05) is 13.8 Å². The van der Waals surface area contributed by atoms with Crippen molar-refractivity contribution in [3.8, 4) is 0 Å². The minimum atomic E-state index is -2.77. The summed E-state index contributed by atoms with van der Waals surface area (Å²) >= 11 is 0. The maximum absolute atomic E-state index is 11.6. The van der Waals surface area contributed by atoms with Gasteiger partial charge in [0.05, 0.1) is 11.5 Å². The van der Waals surface area contributed by atoms with Crippen molar-refractivity contribution in [3.05, 3.63) is 0 Å². The molecule has 0 aromatic heterocycles. The largest absolute Gasteiger partial charge is 0.381 e. The molecule has 5 heteroatoms. The molecule has 2 aliphatic rings. The van der Waals surface area contributed by atoms with E-state index in [1.807, 2.05) is 0 Å². The second-order valence-corrected chi connectivity index (χ2v) is 8.84. The summed E-state index contributed by atoms with van der Waals surface area (Å²) in [5, 5.41) is 3.32. The van der Waals surface area contributed by atoms with Gasteiger partial charge in [-0.2, -0.15) is 0 Å². The van der Waals surface area contributed by atoms with Crippen molar-refractivity contribution >= 4 is 9.84 Å². The molecule has 112 valence electrons. The second kappa shape index (κ2) is 6.10. The fourth-order valence-electron chi connectivity index (χ4n) is 3.09. The van der Waals surface area contributed by atoms with Crippen LogP contribution in [0.25, 0.3) is 0 Å². The van der Waals surface area contributed by atoms with E-state index < -0.39 is 9.84 Å². The van der Waals surface area contributed by atoms with Gasteiger partial charge in [-0.15, -0.1) is 0 Å². The van der Waals surface area contributed by atoms with Gasteiger partial charge in [-0.3, -0.25) is 0 Å². The zero-order valence-electron chi connectivity index (χ0n) is 12.2. The Hall–Kier alpha value is -0.130. The van der Waals surface area contributed by atoms with Gasteiger partial charge in [-0.25, -0.2) is 8.42 Å². The highest BCUT2D eigenvalue weighted by Gasteiger charge is 2.47. The Kier molecular flexibility index (Phi) is 4.90. The summed E-state index contributed by atoms with van der Waals surface area (Å²) in [6.45, 7) is 7.91. The molecule has 4 nitrogen and oxygen atoms in total. The van der Waals surface area contributed by atoms with Gasteiger partial charge in [-0.05, 0) is 31.1 Å². The average Bonchev–Trinajstić information content (AvgIpc) is 2.61. The lowest BCUT2D eigenvalue weighted by atomic mass is 9.68. The first-order valence-corrected chi connectivity index (χ1v) is 9.25. The van der Waals surface area contributed by atoms with E-state index in [-0.39, 0.29) is 5.41 Å². The van der Waals surface area contributed by atoms with Crippen LogP contribution in [0, 0.1) is 17.3 Å². The zero-order valence-corrected chi connectivity index (χ0v) is 13.0. The number of hydrogen-bond acceptors (Lipinski definition) is 4. The Morgan fingerprint density at radius 1 is 1.32 bits per heavy atom. The van der Waals surface area contributed by atoms with E-state index in [4.69, 9.17) is 4.74 Å². The Labute approximate surface area is 117 Å². The molecular formula is C14H27NO3S. The number of sulfone groups is 1. The van der Waals surface area contributed by atoms with Crippen LogP contribution in [0.1, 0.15) is 33.1 Å². The van der Waals surface area contributed by atoms with Crippen LogP contribution in [-0.2, 0) is 14.6 Å². The first-order chi connectivity index (χ1) is 8.94. The third-order valence-corrected chi connectivity index (χ3v) is 6.40. The summed E-state index contributed by atoms with van der Waals surface area (Å²) in [6, 6.07) is 0. The smallest absolute Gasteiger partial charge is 0.150 e. The first-order valence-electron chi connectivity index (χ1n) is 7.42. The van der Waals surface area contributed by atoms with Gasteiger partial charge < -0.3 is 10.1 Å². The van der Waals surface area contributed by atoms with E-state index in [9.17, 15) is 8.42 Å². The number of rotatable bonds is 7. The van der Waals surface area contributed by atoms with E-state index in [1.165, 1.54) is 0 Å². The molecule has 2 fully saturated rings. The van der Waals surface area contributed by atoms with Crippen molar-refractivity contribution in [1.82, 2.24) is 5.32 Å². The SMILES string of the molecule is CC(C)CCOCCC1(C2CCS(=O)(=O)C2)CNC1. The summed E-state index contributed by atoms with van der Waals surface area (Å²) in [4.78, 5) is 0. The topological polar surface area (TPSA) is 55.4 Å². The molecular weight excluding hydrogens is 262 g/mol. The average molecular weight is 289 g/mol. The summed E-state index contributed by atoms with van der Waals surface area (Å²) < 4.78 is 29.0. The Morgan fingerprint density at radius 2 is 2.05 bits per heavy atom. The monoisotopic (exact) mass is 289 g/mol. The van der Waals surface area contributed by atoms with Gasteiger partial charge in [0.1, 0.15) is 0 Å². The molecule has 1 N–H and O–H groups in total. The Morgan fingerprint density at radius 3 is 2.53 bits per heavy atom. The van der Waals surface area contributed by atoms with Crippen LogP contribution in [0.2, 0.25) is 0 Å². The number of ether oxygens (including phenoxy) is 1. The van der Waals surface area contributed by atoms with E-state index in [1.54, 1.807) is 0 Å². The molecule has 0 saturated carbocycles. The van der Waals surface area contributed by atoms with Crippen molar-refractivity contribution in [2.75, 3.05) is 37.8 Å². The van der Waals surface area contributed by atoms with Crippen LogP contribution in [0.3, 0.4) is 0 Å². The van der Waals surface area contributed by atoms with Crippen LogP contribution in [0.15, 0.2) is 0 Å². The predicted molar refractivity (Wildman–Crippen MR) is 77.0 cm³/mol. The third-order valence-electron chi connectivity index (χ3n) is 4.64. The van der Waals surface area contributed by atoms with Gasteiger partial charge in [0.15, 0.2) is 9.84 Å². The normalized spacial score (nSPS) is 28.5. The predicted octanol–water partition coefficient (Wildman–Crippen LogP) is 1.46. The molecule has 2 heterocycles. The molecule has 0 spiro atoms. The highest BCUT2D eigenvalue weighted by molar-refractivity contribution is 7.91. The molecule has 0 aliphatic carbocycles. The summed E-state index contributed by atoms with van der Waals surface area (Å²) in [7, 11) is -2.77. The van der Waals surface area contributed by atoms with Crippen LogP contribution in [0.4, 0.5) is 0 Å². The zero-order chi connectivity index (χ0) is 13.9. The maximum Gasteiger partial charge on any atom is 0.150 e. The molecule has 0 aromatic rings. The van der Waals surface area contributed by atoms with Crippen LogP contribution < -0.4 is 5.32 Å². The summed E-state index contributed by atoms with van der Waals surface area (Å²) in [5.74, 6) is 1.79. The van der Waals surface area contributed by atoms with Crippen molar-refractivity contribution < 1.29 is 13.2 Å². The van der Waals surface area contributed by atoms with Crippen molar-refractivity contribution in [1.29, 1.82) is 0 Å². The minimum absolute atomic E-state index is 0.182. The van der Waals surface area contributed by atoms with Crippen LogP contribution >= 0.6 is 0 Å².